The largest absolute Gasteiger partial charge is 0.494 e. The summed E-state index contributed by atoms with van der Waals surface area (Å²) in [5, 5.41) is 16.9. The van der Waals surface area contributed by atoms with E-state index < -0.39 is 0 Å². The highest BCUT2D eigenvalue weighted by Crippen LogP contribution is 2.38. The molecule has 0 aliphatic heterocycles. The quantitative estimate of drug-likeness (QED) is 0.721. The van der Waals surface area contributed by atoms with E-state index in [9.17, 15) is 9.90 Å². The van der Waals surface area contributed by atoms with Crippen LogP contribution in [-0.4, -0.2) is 33.5 Å². The molecule has 1 atom stereocenters. The minimum Gasteiger partial charge on any atom is -0.494 e. The van der Waals surface area contributed by atoms with Gasteiger partial charge in [-0.2, -0.15) is 5.10 Å². The molecule has 1 aromatic carbocycles. The van der Waals surface area contributed by atoms with Crippen LogP contribution in [0.15, 0.2) is 42.7 Å². The Labute approximate surface area is 147 Å². The van der Waals surface area contributed by atoms with Gasteiger partial charge in [0.05, 0.1) is 24.9 Å². The van der Waals surface area contributed by atoms with E-state index in [1.165, 1.54) is 0 Å². The molecule has 0 saturated heterocycles. The van der Waals surface area contributed by atoms with Crippen LogP contribution >= 0.6 is 0 Å². The Bertz CT molecular complexity index is 680. The van der Waals surface area contributed by atoms with E-state index >= 15 is 0 Å². The van der Waals surface area contributed by atoms with Gasteiger partial charge >= 0.3 is 0 Å². The number of hydrogen-bond acceptors (Lipinski definition) is 4. The van der Waals surface area contributed by atoms with Crippen molar-refractivity contribution >= 4 is 5.91 Å². The molecule has 1 aromatic heterocycles. The second-order valence-corrected chi connectivity index (χ2v) is 6.64. The summed E-state index contributed by atoms with van der Waals surface area (Å²) in [6, 6.07) is 9.51. The second kappa shape index (κ2) is 8.16. The molecule has 1 fully saturated rings. The number of nitrogens with one attached hydrogen (secondary N) is 1. The molecule has 25 heavy (non-hydrogen) atoms. The maximum atomic E-state index is 12.3. The Morgan fingerprint density at radius 2 is 2.16 bits per heavy atom. The summed E-state index contributed by atoms with van der Waals surface area (Å²) in [6.07, 6.45) is 5.98. The van der Waals surface area contributed by atoms with E-state index in [0.29, 0.717) is 19.4 Å². The summed E-state index contributed by atoms with van der Waals surface area (Å²) in [5.74, 6) is 1.09. The molecule has 6 heteroatoms. The second-order valence-electron chi connectivity index (χ2n) is 6.64. The van der Waals surface area contributed by atoms with Crippen molar-refractivity contribution in [1.29, 1.82) is 0 Å². The zero-order valence-corrected chi connectivity index (χ0v) is 14.5. The third-order valence-electron chi connectivity index (χ3n) is 4.58. The molecule has 6 nitrogen and oxygen atoms in total. The molecule has 1 unspecified atom stereocenters. The van der Waals surface area contributed by atoms with Crippen molar-refractivity contribution in [3.05, 3.63) is 48.3 Å². The first-order valence-electron chi connectivity index (χ1n) is 8.75. The predicted molar refractivity (Wildman–Crippen MR) is 94.0 cm³/mol. The van der Waals surface area contributed by atoms with Gasteiger partial charge in [-0.3, -0.25) is 9.48 Å². The molecule has 1 amide bonds. The van der Waals surface area contributed by atoms with Gasteiger partial charge in [-0.05, 0) is 37.3 Å². The highest BCUT2D eigenvalue weighted by atomic mass is 16.5. The zero-order chi connectivity index (χ0) is 17.6. The fourth-order valence-corrected chi connectivity index (χ4v) is 3.16. The molecule has 0 radical (unpaired) electrons. The predicted octanol–water partition coefficient (Wildman–Crippen LogP) is 2.21. The molecule has 1 heterocycles. The summed E-state index contributed by atoms with van der Waals surface area (Å²) in [4.78, 5) is 12.3. The van der Waals surface area contributed by atoms with Gasteiger partial charge in [0.15, 0.2) is 0 Å². The summed E-state index contributed by atoms with van der Waals surface area (Å²) in [7, 11) is 1.86. The summed E-state index contributed by atoms with van der Waals surface area (Å²) in [5.41, 5.74) is 0.994. The summed E-state index contributed by atoms with van der Waals surface area (Å²) in [6.45, 7) is 0.511. The molecule has 1 saturated carbocycles. The molecular weight excluding hydrogens is 318 g/mol. The smallest absolute Gasteiger partial charge is 0.220 e. The first kappa shape index (κ1) is 17.5. The first-order chi connectivity index (χ1) is 12.1. The number of ether oxygens (including phenoxy) is 1. The number of benzene rings is 1. The molecule has 0 spiro atoms. The van der Waals surface area contributed by atoms with E-state index in [-0.39, 0.29) is 24.0 Å². The zero-order valence-electron chi connectivity index (χ0n) is 14.5. The Balaban J connectivity index is 1.47. The Morgan fingerprint density at radius 1 is 1.40 bits per heavy atom. The molecule has 2 aromatic rings. The number of rotatable bonds is 8. The van der Waals surface area contributed by atoms with E-state index in [2.05, 4.69) is 10.4 Å². The van der Waals surface area contributed by atoms with Crippen molar-refractivity contribution in [2.24, 2.45) is 13.0 Å². The third kappa shape index (κ3) is 4.82. The van der Waals surface area contributed by atoms with Crippen molar-refractivity contribution in [2.75, 3.05) is 6.61 Å². The van der Waals surface area contributed by atoms with Gasteiger partial charge < -0.3 is 15.2 Å². The van der Waals surface area contributed by atoms with Crippen LogP contribution in [0.1, 0.15) is 37.3 Å². The van der Waals surface area contributed by atoms with Gasteiger partial charge in [-0.25, -0.2) is 0 Å². The number of carbonyl (C=O) groups excluding carboxylic acids is 1. The average Bonchev–Trinajstić information content (AvgIpc) is 3.01. The fraction of sp³-hybridized carbons (Fsp3) is 0.474. The van der Waals surface area contributed by atoms with E-state index in [0.717, 1.165) is 24.2 Å². The number of carbonyl (C=O) groups is 1. The Morgan fingerprint density at radius 3 is 2.80 bits per heavy atom. The van der Waals surface area contributed by atoms with Crippen molar-refractivity contribution in [2.45, 2.75) is 37.8 Å². The lowest BCUT2D eigenvalue weighted by Gasteiger charge is -2.37. The van der Waals surface area contributed by atoms with Crippen LogP contribution in [0.2, 0.25) is 0 Å². The Kier molecular flexibility index (Phi) is 5.71. The van der Waals surface area contributed by atoms with Gasteiger partial charge in [0.1, 0.15) is 5.75 Å². The monoisotopic (exact) mass is 343 g/mol. The van der Waals surface area contributed by atoms with Crippen LogP contribution in [0.3, 0.4) is 0 Å². The lowest BCUT2D eigenvalue weighted by atomic mass is 9.75. The van der Waals surface area contributed by atoms with Gasteiger partial charge in [0.25, 0.3) is 0 Å². The highest BCUT2D eigenvalue weighted by molar-refractivity contribution is 5.76. The van der Waals surface area contributed by atoms with Crippen molar-refractivity contribution in [1.82, 2.24) is 15.1 Å². The van der Waals surface area contributed by atoms with Crippen LogP contribution in [0.5, 0.6) is 5.75 Å². The minimum absolute atomic E-state index is 0.00639. The summed E-state index contributed by atoms with van der Waals surface area (Å²) < 4.78 is 7.35. The average molecular weight is 343 g/mol. The number of aliphatic hydroxyl groups excluding tert-OH is 1. The maximum Gasteiger partial charge on any atom is 0.220 e. The standard InChI is InChI=1S/C19H25N3O3/c1-22-13-15(12-20-22)19(14-10-16(23)11-14)21-18(24)8-5-9-25-17-6-3-2-4-7-17/h2-4,6-7,12-14,16,19,23H,5,8-11H2,1H3,(H,21,24). The highest BCUT2D eigenvalue weighted by Gasteiger charge is 2.36. The number of aromatic nitrogens is 2. The first-order valence-corrected chi connectivity index (χ1v) is 8.75. The van der Waals surface area contributed by atoms with Crippen molar-refractivity contribution < 1.29 is 14.6 Å². The van der Waals surface area contributed by atoms with Crippen LogP contribution in [0.4, 0.5) is 0 Å². The van der Waals surface area contributed by atoms with Crippen LogP contribution < -0.4 is 10.1 Å². The van der Waals surface area contributed by atoms with E-state index in [1.807, 2.05) is 43.6 Å². The SMILES string of the molecule is Cn1cc(C(NC(=O)CCCOc2ccccc2)C2CC(O)C2)cn1. The van der Waals surface area contributed by atoms with Crippen LogP contribution in [0, 0.1) is 5.92 Å². The molecule has 1 aliphatic rings. The van der Waals surface area contributed by atoms with E-state index in [4.69, 9.17) is 4.74 Å². The topological polar surface area (TPSA) is 76.4 Å². The number of aliphatic hydroxyl groups is 1. The molecular formula is C19H25N3O3. The summed E-state index contributed by atoms with van der Waals surface area (Å²) >= 11 is 0. The fourth-order valence-electron chi connectivity index (χ4n) is 3.16. The van der Waals surface area contributed by atoms with Crippen LogP contribution in [0.25, 0.3) is 0 Å². The van der Waals surface area contributed by atoms with Gasteiger partial charge in [-0.15, -0.1) is 0 Å². The Hall–Kier alpha value is -2.34. The van der Waals surface area contributed by atoms with Gasteiger partial charge in [-0.1, -0.05) is 18.2 Å². The number of amides is 1. The molecule has 3 rings (SSSR count). The molecule has 2 N–H and O–H groups in total. The lowest BCUT2D eigenvalue weighted by Crippen LogP contribution is -2.41. The van der Waals surface area contributed by atoms with Gasteiger partial charge in [0, 0.05) is 25.2 Å². The lowest BCUT2D eigenvalue weighted by molar-refractivity contribution is -0.123. The van der Waals surface area contributed by atoms with Gasteiger partial charge in [0.2, 0.25) is 5.91 Å². The molecule has 134 valence electrons. The van der Waals surface area contributed by atoms with Crippen molar-refractivity contribution in [3.63, 3.8) is 0 Å². The number of para-hydroxylation sites is 1. The van der Waals surface area contributed by atoms with Crippen LogP contribution in [-0.2, 0) is 11.8 Å². The molecule has 1 aliphatic carbocycles. The minimum atomic E-state index is -0.250. The molecule has 0 bridgehead atoms. The van der Waals surface area contributed by atoms with Crippen molar-refractivity contribution in [3.8, 4) is 5.75 Å². The number of nitrogens with zero attached hydrogens (tertiary/aromatic N) is 2. The third-order valence-corrected chi connectivity index (χ3v) is 4.58. The normalized spacial score (nSPS) is 20.6. The number of aryl methyl sites for hydroxylation is 1. The van der Waals surface area contributed by atoms with E-state index in [1.54, 1.807) is 10.9 Å². The number of hydrogen-bond donors (Lipinski definition) is 2. The maximum absolute atomic E-state index is 12.3.